The predicted molar refractivity (Wildman–Crippen MR) is 76.9 cm³/mol. The Balaban J connectivity index is 2.19. The van der Waals surface area contributed by atoms with Gasteiger partial charge in [-0.25, -0.2) is 18.4 Å². The maximum absolute atomic E-state index is 11.9. The average Bonchev–Trinajstić information content (AvgIpc) is 2.80. The number of carbonyl (C=O) groups is 1. The Morgan fingerprint density at radius 1 is 1.38 bits per heavy atom. The van der Waals surface area contributed by atoms with Crippen LogP contribution in [0.5, 0.6) is 0 Å². The van der Waals surface area contributed by atoms with Crippen molar-refractivity contribution in [2.24, 2.45) is 5.14 Å². The van der Waals surface area contributed by atoms with E-state index in [-0.39, 0.29) is 22.1 Å². The Labute approximate surface area is 133 Å². The Morgan fingerprint density at radius 3 is 2.67 bits per heavy atom. The van der Waals surface area contributed by atoms with Crippen molar-refractivity contribution in [3.63, 3.8) is 0 Å². The van der Waals surface area contributed by atoms with E-state index in [1.807, 2.05) is 0 Å². The Hall–Kier alpha value is -1.26. The number of rotatable bonds is 4. The van der Waals surface area contributed by atoms with Crippen molar-refractivity contribution in [3.8, 4) is 0 Å². The molecule has 0 saturated carbocycles. The molecule has 7 nitrogen and oxygen atoms in total. The quantitative estimate of drug-likeness (QED) is 0.825. The van der Waals surface area contributed by atoms with E-state index in [0.717, 1.165) is 17.6 Å². The summed E-state index contributed by atoms with van der Waals surface area (Å²) in [5.74, 6) is -0.763. The maximum atomic E-state index is 11.9. The van der Waals surface area contributed by atoms with Crippen LogP contribution in [0.4, 0.5) is 0 Å². The van der Waals surface area contributed by atoms with Crippen LogP contribution in [0.3, 0.4) is 0 Å². The highest BCUT2D eigenvalue weighted by Gasteiger charge is 2.18. The van der Waals surface area contributed by atoms with Crippen molar-refractivity contribution >= 4 is 50.7 Å². The summed E-state index contributed by atoms with van der Waals surface area (Å²) in [5.41, 5.74) is 0.304. The van der Waals surface area contributed by atoms with Crippen molar-refractivity contribution in [2.75, 3.05) is 0 Å². The molecule has 0 atom stereocenters. The fourth-order valence-corrected chi connectivity index (χ4v) is 3.02. The lowest BCUT2D eigenvalue weighted by Gasteiger charge is -2.06. The zero-order valence-corrected chi connectivity index (χ0v) is 13.3. The number of primary sulfonamides is 1. The Morgan fingerprint density at radius 2 is 2.10 bits per heavy atom. The molecule has 21 heavy (non-hydrogen) atoms. The molecule has 0 unspecified atom stereocenters. The minimum atomic E-state index is -4.04. The van der Waals surface area contributed by atoms with Gasteiger partial charge in [-0.15, -0.1) is 5.10 Å². The number of ether oxygens (including phenoxy) is 1. The van der Waals surface area contributed by atoms with E-state index in [4.69, 9.17) is 33.1 Å². The summed E-state index contributed by atoms with van der Waals surface area (Å²) in [6.45, 7) is -0.179. The third-order valence-corrected chi connectivity index (χ3v) is 4.70. The molecular formula is C10H7Cl2N3O4S2. The molecule has 0 aliphatic rings. The third-order valence-electron chi connectivity index (χ3n) is 2.32. The summed E-state index contributed by atoms with van der Waals surface area (Å²) >= 11 is 12.4. The van der Waals surface area contributed by atoms with Gasteiger partial charge in [-0.1, -0.05) is 27.7 Å². The zero-order valence-electron chi connectivity index (χ0n) is 10.1. The Kier molecular flexibility index (Phi) is 4.79. The fraction of sp³-hybridized carbons (Fsp3) is 0.100. The molecule has 11 heteroatoms. The van der Waals surface area contributed by atoms with Gasteiger partial charge in [0.2, 0.25) is 10.0 Å². The van der Waals surface area contributed by atoms with E-state index in [1.54, 1.807) is 0 Å². The fourth-order valence-electron chi connectivity index (χ4n) is 1.35. The van der Waals surface area contributed by atoms with Gasteiger partial charge in [0, 0.05) is 11.5 Å². The second kappa shape index (κ2) is 6.24. The first-order valence-electron chi connectivity index (χ1n) is 5.25. The van der Waals surface area contributed by atoms with Crippen molar-refractivity contribution in [1.82, 2.24) is 9.59 Å². The lowest BCUT2D eigenvalue weighted by Crippen LogP contribution is -2.14. The number of esters is 1. The number of carbonyl (C=O) groups excluding carboxylic acids is 1. The highest BCUT2D eigenvalue weighted by Crippen LogP contribution is 2.23. The highest BCUT2D eigenvalue weighted by atomic mass is 35.5. The first-order valence-corrected chi connectivity index (χ1v) is 8.33. The summed E-state index contributed by atoms with van der Waals surface area (Å²) in [6.07, 6.45) is 0. The van der Waals surface area contributed by atoms with E-state index in [2.05, 4.69) is 9.59 Å². The smallest absolute Gasteiger partial charge is 0.338 e. The highest BCUT2D eigenvalue weighted by molar-refractivity contribution is 7.89. The molecule has 2 rings (SSSR count). The monoisotopic (exact) mass is 367 g/mol. The normalized spacial score (nSPS) is 11.4. The molecule has 2 N–H and O–H groups in total. The van der Waals surface area contributed by atoms with Crippen molar-refractivity contribution < 1.29 is 17.9 Å². The first kappa shape index (κ1) is 16.1. The molecule has 0 fully saturated rings. The van der Waals surface area contributed by atoms with Gasteiger partial charge >= 0.3 is 5.97 Å². The SMILES string of the molecule is NS(=O)(=O)c1cc(C(=O)OCc2nnsc2Cl)ccc1Cl. The molecule has 0 radical (unpaired) electrons. The van der Waals surface area contributed by atoms with Crippen LogP contribution < -0.4 is 5.14 Å². The van der Waals surface area contributed by atoms with Crippen molar-refractivity contribution in [3.05, 3.63) is 38.8 Å². The van der Waals surface area contributed by atoms with Gasteiger partial charge in [-0.05, 0) is 18.2 Å². The van der Waals surface area contributed by atoms with Crippen LogP contribution >= 0.6 is 34.7 Å². The van der Waals surface area contributed by atoms with Crippen LogP contribution in [0.1, 0.15) is 16.1 Å². The molecule has 0 amide bonds. The lowest BCUT2D eigenvalue weighted by molar-refractivity contribution is 0.0467. The van der Waals surface area contributed by atoms with Crippen LogP contribution in [-0.4, -0.2) is 24.0 Å². The molecule has 0 aliphatic carbocycles. The average molecular weight is 368 g/mol. The molecule has 2 aromatic rings. The molecule has 1 heterocycles. The standard InChI is InChI=1S/C10H7Cl2N3O4S2/c11-6-2-1-5(3-8(6)21(13,17)18)10(16)19-4-7-9(12)20-15-14-7/h1-3H,4H2,(H2,13,17,18). The van der Waals surface area contributed by atoms with Crippen LogP contribution in [0, 0.1) is 0 Å². The Bertz CT molecular complexity index is 791. The minimum absolute atomic E-state index is 0.0114. The van der Waals surface area contributed by atoms with E-state index in [9.17, 15) is 13.2 Å². The van der Waals surface area contributed by atoms with Gasteiger partial charge in [0.1, 0.15) is 21.5 Å². The van der Waals surface area contributed by atoms with Crippen LogP contribution in [0.2, 0.25) is 9.36 Å². The van der Waals surface area contributed by atoms with Crippen molar-refractivity contribution in [1.29, 1.82) is 0 Å². The molecule has 112 valence electrons. The summed E-state index contributed by atoms with van der Waals surface area (Å²) in [4.78, 5) is 11.5. The number of nitrogens with two attached hydrogens (primary N) is 1. The van der Waals surface area contributed by atoms with Gasteiger partial charge in [0.05, 0.1) is 10.6 Å². The molecule has 0 aliphatic heterocycles. The molecule has 0 spiro atoms. The number of sulfonamides is 1. The van der Waals surface area contributed by atoms with E-state index in [1.165, 1.54) is 12.1 Å². The van der Waals surface area contributed by atoms with Gasteiger partial charge in [-0.3, -0.25) is 0 Å². The van der Waals surface area contributed by atoms with Gasteiger partial charge < -0.3 is 4.74 Å². The van der Waals surface area contributed by atoms with Crippen LogP contribution in [0.15, 0.2) is 23.1 Å². The topological polar surface area (TPSA) is 112 Å². The van der Waals surface area contributed by atoms with Gasteiger partial charge in [0.15, 0.2) is 0 Å². The molecule has 1 aromatic heterocycles. The molecule has 0 bridgehead atoms. The number of halogens is 2. The predicted octanol–water partition coefficient (Wildman–Crippen LogP) is 1.85. The second-order valence-electron chi connectivity index (χ2n) is 3.76. The number of hydrogen-bond acceptors (Lipinski definition) is 7. The first-order chi connectivity index (χ1) is 9.79. The zero-order chi connectivity index (χ0) is 15.6. The van der Waals surface area contributed by atoms with E-state index in [0.29, 0.717) is 10.0 Å². The van der Waals surface area contributed by atoms with Crippen LogP contribution in [-0.2, 0) is 21.4 Å². The third kappa shape index (κ3) is 3.89. The summed E-state index contributed by atoms with van der Waals surface area (Å²) in [6, 6.07) is 3.61. The lowest BCUT2D eigenvalue weighted by atomic mass is 10.2. The number of hydrogen-bond donors (Lipinski definition) is 1. The molecular weight excluding hydrogens is 361 g/mol. The summed E-state index contributed by atoms with van der Waals surface area (Å²) in [7, 11) is -4.04. The van der Waals surface area contributed by atoms with Gasteiger partial charge in [0.25, 0.3) is 0 Å². The number of benzene rings is 1. The van der Waals surface area contributed by atoms with E-state index < -0.39 is 16.0 Å². The summed E-state index contributed by atoms with van der Waals surface area (Å²) in [5, 5.41) is 8.59. The van der Waals surface area contributed by atoms with Crippen molar-refractivity contribution in [2.45, 2.75) is 11.5 Å². The number of nitrogens with zero attached hydrogens (tertiary/aromatic N) is 2. The minimum Gasteiger partial charge on any atom is -0.455 e. The maximum Gasteiger partial charge on any atom is 0.338 e. The number of aromatic nitrogens is 2. The second-order valence-corrected chi connectivity index (χ2v) is 7.05. The largest absolute Gasteiger partial charge is 0.455 e. The van der Waals surface area contributed by atoms with E-state index >= 15 is 0 Å². The molecule has 1 aromatic carbocycles. The summed E-state index contributed by atoms with van der Waals surface area (Å²) < 4.78 is 31.5. The van der Waals surface area contributed by atoms with Gasteiger partial charge in [-0.2, -0.15) is 0 Å². The van der Waals surface area contributed by atoms with Crippen LogP contribution in [0.25, 0.3) is 0 Å². The molecule has 0 saturated heterocycles.